The van der Waals surface area contributed by atoms with Crippen molar-refractivity contribution < 1.29 is 0 Å². The first-order valence-corrected chi connectivity index (χ1v) is 13.3. The van der Waals surface area contributed by atoms with Crippen molar-refractivity contribution in [3.05, 3.63) is 95.7 Å². The number of nitrogens with zero attached hydrogens (tertiary/aromatic N) is 2. The summed E-state index contributed by atoms with van der Waals surface area (Å²) in [7, 11) is 2.20. The molecular formula is C33H37BN2. The fourth-order valence-electron chi connectivity index (χ4n) is 5.88. The molecule has 0 radical (unpaired) electrons. The van der Waals surface area contributed by atoms with Gasteiger partial charge < -0.3 is 4.90 Å². The maximum Gasteiger partial charge on any atom is 0.247 e. The Kier molecular flexibility index (Phi) is 6.51. The van der Waals surface area contributed by atoms with E-state index in [2.05, 4.69) is 120 Å². The number of fused-ring (bicyclic) bond motifs is 2. The molecule has 3 aromatic carbocycles. The van der Waals surface area contributed by atoms with Gasteiger partial charge in [0.05, 0.1) is 5.69 Å². The quantitative estimate of drug-likeness (QED) is 0.300. The molecule has 3 heteroatoms. The molecule has 0 spiro atoms. The summed E-state index contributed by atoms with van der Waals surface area (Å²) >= 11 is 0. The van der Waals surface area contributed by atoms with Gasteiger partial charge in [-0.15, -0.1) is 0 Å². The molecule has 2 nitrogen and oxygen atoms in total. The second-order valence-electron chi connectivity index (χ2n) is 11.1. The van der Waals surface area contributed by atoms with Crippen LogP contribution in [-0.2, 0) is 0 Å². The zero-order valence-electron chi connectivity index (χ0n) is 22.7. The predicted octanol–water partition coefficient (Wildman–Crippen LogP) is 6.72. The zero-order valence-corrected chi connectivity index (χ0v) is 22.7. The number of pyridine rings is 1. The highest BCUT2D eigenvalue weighted by Crippen LogP contribution is 2.36. The van der Waals surface area contributed by atoms with E-state index in [1.165, 1.54) is 50.0 Å². The summed E-state index contributed by atoms with van der Waals surface area (Å²) < 4.78 is 0. The van der Waals surface area contributed by atoms with Gasteiger partial charge in [-0.1, -0.05) is 102 Å². The Morgan fingerprint density at radius 3 is 1.94 bits per heavy atom. The Balaban J connectivity index is 1.88. The molecule has 0 aliphatic carbocycles. The molecule has 0 N–H and O–H groups in total. The molecule has 0 atom stereocenters. The number of rotatable bonds is 5. The normalized spacial score (nSPS) is 12.9. The lowest BCUT2D eigenvalue weighted by molar-refractivity contribution is 0.812. The minimum Gasteiger partial charge on any atom is -0.345 e. The molecule has 4 aromatic rings. The van der Waals surface area contributed by atoms with E-state index in [0.29, 0.717) is 17.8 Å². The second kappa shape index (κ2) is 9.62. The van der Waals surface area contributed by atoms with Crippen LogP contribution >= 0.6 is 0 Å². The van der Waals surface area contributed by atoms with E-state index >= 15 is 0 Å². The van der Waals surface area contributed by atoms with Crippen LogP contribution in [0.5, 0.6) is 0 Å². The average molecular weight is 472 g/mol. The molecule has 36 heavy (non-hydrogen) atoms. The van der Waals surface area contributed by atoms with Crippen LogP contribution in [0.15, 0.2) is 79.0 Å². The minimum absolute atomic E-state index is 0.173. The number of aromatic nitrogens is 1. The van der Waals surface area contributed by atoms with Crippen molar-refractivity contribution in [2.75, 3.05) is 11.9 Å². The molecule has 1 aliphatic rings. The van der Waals surface area contributed by atoms with Gasteiger partial charge in [-0.05, 0) is 63.6 Å². The Bertz CT molecular complexity index is 1360. The van der Waals surface area contributed by atoms with Crippen molar-refractivity contribution >= 4 is 34.5 Å². The maximum absolute atomic E-state index is 4.74. The topological polar surface area (TPSA) is 16.1 Å². The number of anilines is 2. The van der Waals surface area contributed by atoms with E-state index in [0.717, 1.165) is 5.69 Å². The lowest BCUT2D eigenvalue weighted by atomic mass is 9.33. The predicted molar refractivity (Wildman–Crippen MR) is 158 cm³/mol. The molecule has 1 aromatic heterocycles. The smallest absolute Gasteiger partial charge is 0.247 e. The van der Waals surface area contributed by atoms with Crippen LogP contribution in [0.1, 0.15) is 76.0 Å². The van der Waals surface area contributed by atoms with Gasteiger partial charge in [-0.3, -0.25) is 4.98 Å². The van der Waals surface area contributed by atoms with Crippen molar-refractivity contribution in [3.8, 4) is 11.3 Å². The molecule has 1 aliphatic heterocycles. The Hall–Kier alpha value is -3.33. The van der Waals surface area contributed by atoms with Crippen LogP contribution in [0, 0.1) is 0 Å². The number of benzene rings is 3. The van der Waals surface area contributed by atoms with Crippen LogP contribution in [0.25, 0.3) is 11.3 Å². The first-order chi connectivity index (χ1) is 17.3. The van der Waals surface area contributed by atoms with Crippen molar-refractivity contribution in [1.82, 2.24) is 4.98 Å². The van der Waals surface area contributed by atoms with Gasteiger partial charge in [0.1, 0.15) is 0 Å². The van der Waals surface area contributed by atoms with Crippen LogP contribution in [0.2, 0.25) is 0 Å². The highest BCUT2D eigenvalue weighted by atomic mass is 15.1. The fraction of sp³-hybridized carbons (Fsp3) is 0.303. The average Bonchev–Trinajstić information content (AvgIpc) is 2.88. The molecule has 0 unspecified atom stereocenters. The largest absolute Gasteiger partial charge is 0.345 e. The summed E-state index contributed by atoms with van der Waals surface area (Å²) in [4.78, 5) is 7.11. The fourth-order valence-corrected chi connectivity index (χ4v) is 5.88. The monoisotopic (exact) mass is 472 g/mol. The third-order valence-electron chi connectivity index (χ3n) is 7.73. The highest BCUT2D eigenvalue weighted by Gasteiger charge is 2.38. The molecule has 0 amide bonds. The van der Waals surface area contributed by atoms with Crippen LogP contribution in [0.3, 0.4) is 0 Å². The zero-order chi connectivity index (χ0) is 25.6. The molecule has 182 valence electrons. The summed E-state index contributed by atoms with van der Waals surface area (Å²) in [6, 6.07) is 26.9. The van der Waals surface area contributed by atoms with Gasteiger partial charge in [0, 0.05) is 30.2 Å². The number of hydrogen-bond donors (Lipinski definition) is 0. The molecule has 0 bridgehead atoms. The lowest BCUT2D eigenvalue weighted by Crippen LogP contribution is -2.59. The van der Waals surface area contributed by atoms with E-state index in [-0.39, 0.29) is 6.71 Å². The Morgan fingerprint density at radius 2 is 1.33 bits per heavy atom. The van der Waals surface area contributed by atoms with Crippen molar-refractivity contribution in [1.29, 1.82) is 0 Å². The molecule has 0 saturated carbocycles. The number of para-hydroxylation sites is 2. The molecular weight excluding hydrogens is 435 g/mol. The van der Waals surface area contributed by atoms with E-state index in [1.54, 1.807) is 0 Å². The minimum atomic E-state index is 0.173. The maximum atomic E-state index is 4.74. The van der Waals surface area contributed by atoms with E-state index in [4.69, 9.17) is 4.98 Å². The van der Waals surface area contributed by atoms with E-state index < -0.39 is 0 Å². The summed E-state index contributed by atoms with van der Waals surface area (Å²) in [6.45, 7) is 14.2. The Morgan fingerprint density at radius 1 is 0.694 bits per heavy atom. The summed E-state index contributed by atoms with van der Waals surface area (Å²) in [5.74, 6) is 1.37. The first kappa shape index (κ1) is 24.4. The van der Waals surface area contributed by atoms with Crippen LogP contribution in [0.4, 0.5) is 11.4 Å². The van der Waals surface area contributed by atoms with Crippen molar-refractivity contribution in [2.24, 2.45) is 0 Å². The SMILES string of the molecule is CC(C)c1cc(C(C)C)c(B2c3ccccc3N(C)c3c2cccc3-c2ccccn2)c(C(C)C)c1. The van der Waals surface area contributed by atoms with Gasteiger partial charge >= 0.3 is 0 Å². The summed E-state index contributed by atoms with van der Waals surface area (Å²) in [5, 5.41) is 0. The third kappa shape index (κ3) is 4.05. The third-order valence-corrected chi connectivity index (χ3v) is 7.73. The second-order valence-corrected chi connectivity index (χ2v) is 11.1. The van der Waals surface area contributed by atoms with Crippen molar-refractivity contribution in [3.63, 3.8) is 0 Å². The summed E-state index contributed by atoms with van der Waals surface area (Å²) in [6.07, 6.45) is 1.89. The van der Waals surface area contributed by atoms with Gasteiger partial charge in [0.25, 0.3) is 0 Å². The van der Waals surface area contributed by atoms with Crippen molar-refractivity contribution in [2.45, 2.75) is 59.3 Å². The van der Waals surface area contributed by atoms with Crippen LogP contribution < -0.4 is 21.3 Å². The lowest BCUT2D eigenvalue weighted by Gasteiger charge is -2.38. The number of hydrogen-bond acceptors (Lipinski definition) is 2. The summed E-state index contributed by atoms with van der Waals surface area (Å²) in [5.41, 5.74) is 13.4. The van der Waals surface area contributed by atoms with Gasteiger partial charge in [-0.25, -0.2) is 0 Å². The molecule has 2 heterocycles. The molecule has 5 rings (SSSR count). The molecule has 0 fully saturated rings. The van der Waals surface area contributed by atoms with Gasteiger partial charge in [0.15, 0.2) is 0 Å². The van der Waals surface area contributed by atoms with Gasteiger partial charge in [0.2, 0.25) is 6.71 Å². The standard InChI is InChI=1S/C33H37BN2/c1-21(2)24-19-26(22(3)4)32(27(20-24)23(5)6)34-28-14-8-9-17-31(28)36(7)33-25(13-12-15-29(33)34)30-16-10-11-18-35-30/h8-23H,1-7H3. The molecule has 0 saturated heterocycles. The highest BCUT2D eigenvalue weighted by molar-refractivity contribution is 6.98. The van der Waals surface area contributed by atoms with Crippen LogP contribution in [-0.4, -0.2) is 18.7 Å². The van der Waals surface area contributed by atoms with Gasteiger partial charge in [-0.2, -0.15) is 0 Å². The van der Waals surface area contributed by atoms with E-state index in [1.807, 2.05) is 12.3 Å². The first-order valence-electron chi connectivity index (χ1n) is 13.3. The van der Waals surface area contributed by atoms with E-state index in [9.17, 15) is 0 Å². The Labute approximate surface area is 217 Å².